The van der Waals surface area contributed by atoms with Crippen LogP contribution in [0.25, 0.3) is 11.3 Å². The Labute approximate surface area is 167 Å². The fourth-order valence-electron chi connectivity index (χ4n) is 3.35. The van der Waals surface area contributed by atoms with E-state index in [1.54, 1.807) is 23.1 Å². The third-order valence-corrected chi connectivity index (χ3v) is 5.23. The van der Waals surface area contributed by atoms with Crippen LogP contribution < -0.4 is 4.90 Å². The number of carbonyl (C=O) groups excluding carboxylic acids is 1. The van der Waals surface area contributed by atoms with E-state index in [4.69, 9.17) is 11.6 Å². The number of hydrogen-bond acceptors (Lipinski definition) is 3. The van der Waals surface area contributed by atoms with Crippen molar-refractivity contribution in [2.45, 2.75) is 6.42 Å². The molecule has 2 heterocycles. The number of rotatable bonds is 4. The number of halogens is 2. The zero-order chi connectivity index (χ0) is 19.5. The van der Waals surface area contributed by atoms with E-state index in [0.29, 0.717) is 36.8 Å². The van der Waals surface area contributed by atoms with E-state index >= 15 is 0 Å². The summed E-state index contributed by atoms with van der Waals surface area (Å²) in [5.74, 6) is 0.473. The molecule has 1 saturated heterocycles. The minimum Gasteiger partial charge on any atom is -0.352 e. The molecule has 0 atom stereocenters. The molecule has 0 bridgehead atoms. The highest BCUT2D eigenvalue weighted by atomic mass is 35.5. The van der Waals surface area contributed by atoms with Crippen molar-refractivity contribution in [2.75, 3.05) is 31.1 Å². The smallest absolute Gasteiger partial charge is 0.227 e. The number of amides is 1. The first-order valence-electron chi connectivity index (χ1n) is 9.17. The summed E-state index contributed by atoms with van der Waals surface area (Å²) in [6.07, 6.45) is 0.0930. The molecular weight excluding hydrogens is 379 g/mol. The van der Waals surface area contributed by atoms with Crippen molar-refractivity contribution in [3.8, 4) is 11.3 Å². The lowest BCUT2D eigenvalue weighted by molar-refractivity contribution is -0.130. The molecule has 0 radical (unpaired) electrons. The molecule has 0 spiro atoms. The van der Waals surface area contributed by atoms with Crippen LogP contribution in [0, 0.1) is 5.82 Å². The van der Waals surface area contributed by atoms with Gasteiger partial charge in [0.15, 0.2) is 5.82 Å². The average Bonchev–Trinajstić information content (AvgIpc) is 3.20. The molecule has 1 amide bonds. The minimum atomic E-state index is -0.333. The monoisotopic (exact) mass is 398 g/mol. The van der Waals surface area contributed by atoms with Gasteiger partial charge in [0.25, 0.3) is 0 Å². The van der Waals surface area contributed by atoms with Crippen LogP contribution in [0.5, 0.6) is 0 Å². The second kappa shape index (κ2) is 8.02. The van der Waals surface area contributed by atoms with Gasteiger partial charge in [-0.15, -0.1) is 0 Å². The van der Waals surface area contributed by atoms with E-state index in [-0.39, 0.29) is 18.1 Å². The number of nitrogens with zero attached hydrogens (tertiary/aromatic N) is 3. The number of anilines is 1. The van der Waals surface area contributed by atoms with Gasteiger partial charge in [0.1, 0.15) is 5.82 Å². The molecule has 5 nitrogen and oxygen atoms in total. The molecule has 1 fully saturated rings. The van der Waals surface area contributed by atoms with Gasteiger partial charge in [0, 0.05) is 37.3 Å². The topological polar surface area (TPSA) is 52.2 Å². The standard InChI is InChI=1S/C21H20ClFN4O/c22-17-7-5-15(6-8-17)19-14-20(25-24-19)26-9-11-27(12-10-26)21(28)13-16-3-1-2-4-18(16)23/h1-8,14H,9-13H2,(H,24,25). The summed E-state index contributed by atoms with van der Waals surface area (Å²) in [4.78, 5) is 16.4. The lowest BCUT2D eigenvalue weighted by atomic mass is 10.1. The maximum absolute atomic E-state index is 13.8. The first kappa shape index (κ1) is 18.5. The summed E-state index contributed by atoms with van der Waals surface area (Å²) in [6, 6.07) is 16.0. The molecule has 1 aromatic heterocycles. The molecule has 3 aromatic rings. The minimum absolute atomic E-state index is 0.0476. The average molecular weight is 399 g/mol. The lowest BCUT2D eigenvalue weighted by Gasteiger charge is -2.34. The van der Waals surface area contributed by atoms with Gasteiger partial charge in [-0.3, -0.25) is 9.89 Å². The van der Waals surface area contributed by atoms with Gasteiger partial charge in [0.2, 0.25) is 5.91 Å². The van der Waals surface area contributed by atoms with E-state index < -0.39 is 0 Å². The molecule has 1 aliphatic rings. The Morgan fingerprint density at radius 2 is 1.79 bits per heavy atom. The van der Waals surface area contributed by atoms with Crippen molar-refractivity contribution in [1.82, 2.24) is 15.1 Å². The van der Waals surface area contributed by atoms with Gasteiger partial charge in [-0.05, 0) is 29.3 Å². The molecule has 7 heteroatoms. The van der Waals surface area contributed by atoms with Crippen LogP contribution in [0.4, 0.5) is 10.2 Å². The molecule has 4 rings (SSSR count). The Kier molecular flexibility index (Phi) is 5.30. The number of aromatic nitrogens is 2. The van der Waals surface area contributed by atoms with Crippen LogP contribution in [-0.4, -0.2) is 47.2 Å². The van der Waals surface area contributed by atoms with Crippen molar-refractivity contribution < 1.29 is 9.18 Å². The zero-order valence-corrected chi connectivity index (χ0v) is 16.0. The second-order valence-electron chi connectivity index (χ2n) is 6.78. The van der Waals surface area contributed by atoms with Gasteiger partial charge in [0.05, 0.1) is 12.1 Å². The summed E-state index contributed by atoms with van der Waals surface area (Å²) in [5.41, 5.74) is 2.38. The van der Waals surface area contributed by atoms with Crippen molar-refractivity contribution >= 4 is 23.3 Å². The van der Waals surface area contributed by atoms with Crippen LogP contribution in [0.15, 0.2) is 54.6 Å². The van der Waals surface area contributed by atoms with Gasteiger partial charge >= 0.3 is 0 Å². The van der Waals surface area contributed by atoms with E-state index in [1.807, 2.05) is 30.3 Å². The molecule has 0 aliphatic carbocycles. The van der Waals surface area contributed by atoms with Gasteiger partial charge in [-0.25, -0.2) is 4.39 Å². The summed E-state index contributed by atoms with van der Waals surface area (Å²) in [6.45, 7) is 2.56. The Balaban J connectivity index is 1.36. The van der Waals surface area contributed by atoms with Crippen molar-refractivity contribution in [1.29, 1.82) is 0 Å². The van der Waals surface area contributed by atoms with Crippen molar-refractivity contribution in [3.63, 3.8) is 0 Å². The summed E-state index contributed by atoms with van der Waals surface area (Å²) < 4.78 is 13.8. The van der Waals surface area contributed by atoms with Crippen molar-refractivity contribution in [3.05, 3.63) is 71.0 Å². The highest BCUT2D eigenvalue weighted by Gasteiger charge is 2.23. The fraction of sp³-hybridized carbons (Fsp3) is 0.238. The lowest BCUT2D eigenvalue weighted by Crippen LogP contribution is -2.49. The van der Waals surface area contributed by atoms with Gasteiger partial charge in [-0.1, -0.05) is 41.9 Å². The maximum atomic E-state index is 13.8. The van der Waals surface area contributed by atoms with Crippen LogP contribution in [0.3, 0.4) is 0 Å². The Bertz CT molecular complexity index is 965. The quantitative estimate of drug-likeness (QED) is 0.728. The Morgan fingerprint density at radius 1 is 1.07 bits per heavy atom. The molecular formula is C21H20ClFN4O. The molecule has 0 saturated carbocycles. The fourth-order valence-corrected chi connectivity index (χ4v) is 3.48. The number of hydrogen-bond donors (Lipinski definition) is 1. The van der Waals surface area contributed by atoms with Gasteiger partial charge in [-0.2, -0.15) is 5.10 Å². The van der Waals surface area contributed by atoms with E-state index in [9.17, 15) is 9.18 Å². The SMILES string of the molecule is O=C(Cc1ccccc1F)N1CCN(c2cc(-c3ccc(Cl)cc3)[nH]n2)CC1. The third-order valence-electron chi connectivity index (χ3n) is 4.98. The predicted molar refractivity (Wildman–Crippen MR) is 108 cm³/mol. The summed E-state index contributed by atoms with van der Waals surface area (Å²) in [7, 11) is 0. The normalized spacial score (nSPS) is 14.4. The van der Waals surface area contributed by atoms with E-state index in [1.165, 1.54) is 6.07 Å². The van der Waals surface area contributed by atoms with E-state index in [0.717, 1.165) is 17.1 Å². The zero-order valence-electron chi connectivity index (χ0n) is 15.2. The number of H-pyrrole nitrogens is 1. The highest BCUT2D eigenvalue weighted by molar-refractivity contribution is 6.30. The number of carbonyl (C=O) groups is 1. The van der Waals surface area contributed by atoms with Crippen LogP contribution >= 0.6 is 11.6 Å². The molecule has 1 aliphatic heterocycles. The molecule has 1 N–H and O–H groups in total. The van der Waals surface area contributed by atoms with Crippen LogP contribution in [0.2, 0.25) is 5.02 Å². The number of nitrogens with one attached hydrogen (secondary N) is 1. The Hall–Kier alpha value is -2.86. The second-order valence-corrected chi connectivity index (χ2v) is 7.22. The number of aromatic amines is 1. The van der Waals surface area contributed by atoms with Crippen molar-refractivity contribution in [2.24, 2.45) is 0 Å². The van der Waals surface area contributed by atoms with Crippen LogP contribution in [-0.2, 0) is 11.2 Å². The number of piperazine rings is 1. The summed E-state index contributed by atoms with van der Waals surface area (Å²) in [5, 5.41) is 8.15. The third kappa shape index (κ3) is 4.02. The highest BCUT2D eigenvalue weighted by Crippen LogP contribution is 2.24. The first-order chi connectivity index (χ1) is 13.6. The predicted octanol–water partition coefficient (Wildman–Crippen LogP) is 3.76. The molecule has 0 unspecified atom stereocenters. The molecule has 144 valence electrons. The van der Waals surface area contributed by atoms with E-state index in [2.05, 4.69) is 15.1 Å². The Morgan fingerprint density at radius 3 is 2.50 bits per heavy atom. The van der Waals surface area contributed by atoms with Crippen LogP contribution in [0.1, 0.15) is 5.56 Å². The van der Waals surface area contributed by atoms with Gasteiger partial charge < -0.3 is 9.80 Å². The molecule has 28 heavy (non-hydrogen) atoms. The maximum Gasteiger partial charge on any atom is 0.227 e. The molecule has 2 aromatic carbocycles. The largest absolute Gasteiger partial charge is 0.352 e. The first-order valence-corrected chi connectivity index (χ1v) is 9.55. The number of benzene rings is 2. The summed E-state index contributed by atoms with van der Waals surface area (Å²) >= 11 is 5.94.